The molecule has 1 atom stereocenters. The molecular formula is C19H17N4O+. The minimum atomic E-state index is -0.415. The Hall–Kier alpha value is -3.39. The number of hydrogen-bond acceptors (Lipinski definition) is 2. The Morgan fingerprint density at radius 2 is 2.12 bits per heavy atom. The van der Waals surface area contributed by atoms with Crippen molar-refractivity contribution < 1.29 is 9.36 Å². The smallest absolute Gasteiger partial charge is 0.269 e. The number of hydrogen-bond donors (Lipinski definition) is 1. The Labute approximate surface area is 140 Å². The summed E-state index contributed by atoms with van der Waals surface area (Å²) in [7, 11) is 0. The van der Waals surface area contributed by atoms with Crippen LogP contribution < -0.4 is 9.88 Å². The van der Waals surface area contributed by atoms with Crippen molar-refractivity contribution >= 4 is 28.8 Å². The van der Waals surface area contributed by atoms with E-state index in [9.17, 15) is 4.79 Å². The predicted molar refractivity (Wildman–Crippen MR) is 93.0 cm³/mol. The third-order valence-corrected chi connectivity index (χ3v) is 3.94. The van der Waals surface area contributed by atoms with Crippen LogP contribution in [-0.4, -0.2) is 10.5 Å². The van der Waals surface area contributed by atoms with Gasteiger partial charge in [-0.05, 0) is 37.3 Å². The monoisotopic (exact) mass is 317 g/mol. The maximum Gasteiger partial charge on any atom is 0.269 e. The van der Waals surface area contributed by atoms with Crippen LogP contribution in [0.25, 0.3) is 17.2 Å². The fraction of sp³-hybridized carbons (Fsp3) is 0.105. The quantitative estimate of drug-likeness (QED) is 0.752. The van der Waals surface area contributed by atoms with Crippen LogP contribution in [0.2, 0.25) is 0 Å². The summed E-state index contributed by atoms with van der Waals surface area (Å²) in [5.74, 6) is -0.151. The molecule has 5 heteroatoms. The fourth-order valence-electron chi connectivity index (χ4n) is 2.65. The SMILES string of the molecule is C=Cn1c[n+]([C@H](C)C(=O)Nc2cccc(C#N)c2)c2ccccc21. The van der Waals surface area contributed by atoms with Gasteiger partial charge in [-0.2, -0.15) is 5.26 Å². The van der Waals surface area contributed by atoms with E-state index in [2.05, 4.69) is 18.0 Å². The molecule has 0 bridgehead atoms. The van der Waals surface area contributed by atoms with Gasteiger partial charge in [0.25, 0.3) is 5.91 Å². The molecule has 118 valence electrons. The standard InChI is InChI=1S/C19H16N4O/c1-3-22-13-23(18-10-5-4-9-17(18)22)14(2)19(24)21-16-8-6-7-15(11-16)12-20/h3-11,13-14H,1H2,2H3/p+1/t14-/m1/s1. The number of fused-ring (bicyclic) bond motifs is 1. The molecule has 1 heterocycles. The molecule has 1 aromatic heterocycles. The molecule has 3 rings (SSSR count). The van der Waals surface area contributed by atoms with Gasteiger partial charge in [0.05, 0.1) is 17.8 Å². The van der Waals surface area contributed by atoms with Crippen LogP contribution in [0.1, 0.15) is 18.5 Å². The molecule has 3 aromatic rings. The lowest BCUT2D eigenvalue weighted by molar-refractivity contribution is -0.680. The average molecular weight is 317 g/mol. The van der Waals surface area contributed by atoms with Crippen LogP contribution in [0.15, 0.2) is 61.4 Å². The zero-order valence-electron chi connectivity index (χ0n) is 13.3. The lowest BCUT2D eigenvalue weighted by atomic mass is 10.2. The van der Waals surface area contributed by atoms with Gasteiger partial charge in [-0.1, -0.05) is 24.8 Å². The molecule has 0 saturated heterocycles. The molecule has 0 aliphatic carbocycles. The molecule has 24 heavy (non-hydrogen) atoms. The number of aromatic nitrogens is 2. The Morgan fingerprint density at radius 1 is 1.33 bits per heavy atom. The maximum atomic E-state index is 12.6. The molecular weight excluding hydrogens is 300 g/mol. The van der Waals surface area contributed by atoms with Gasteiger partial charge < -0.3 is 5.32 Å². The second-order valence-electron chi connectivity index (χ2n) is 5.46. The van der Waals surface area contributed by atoms with E-state index in [1.54, 1.807) is 30.5 Å². The van der Waals surface area contributed by atoms with Crippen LogP contribution in [-0.2, 0) is 4.79 Å². The highest BCUT2D eigenvalue weighted by atomic mass is 16.2. The van der Waals surface area contributed by atoms with Crippen molar-refractivity contribution in [1.82, 2.24) is 4.57 Å². The molecule has 0 saturated carbocycles. The summed E-state index contributed by atoms with van der Waals surface area (Å²) >= 11 is 0. The molecule has 1 N–H and O–H groups in total. The number of anilines is 1. The van der Waals surface area contributed by atoms with E-state index in [1.165, 1.54) is 0 Å². The van der Waals surface area contributed by atoms with Crippen molar-refractivity contribution in [1.29, 1.82) is 5.26 Å². The van der Waals surface area contributed by atoms with Crippen LogP contribution in [0.4, 0.5) is 5.69 Å². The van der Waals surface area contributed by atoms with Crippen molar-refractivity contribution in [2.45, 2.75) is 13.0 Å². The molecule has 2 aromatic carbocycles. The van der Waals surface area contributed by atoms with Gasteiger partial charge in [-0.15, -0.1) is 0 Å². The number of nitriles is 1. The Balaban J connectivity index is 1.91. The van der Waals surface area contributed by atoms with Crippen LogP contribution >= 0.6 is 0 Å². The Bertz CT molecular complexity index is 965. The minimum absolute atomic E-state index is 0.151. The lowest BCUT2D eigenvalue weighted by Crippen LogP contribution is -2.43. The van der Waals surface area contributed by atoms with Crippen molar-refractivity contribution in [3.63, 3.8) is 0 Å². The summed E-state index contributed by atoms with van der Waals surface area (Å²) in [4.78, 5) is 12.6. The second kappa shape index (κ2) is 6.39. The topological polar surface area (TPSA) is 61.7 Å². The van der Waals surface area contributed by atoms with Gasteiger partial charge in [0, 0.05) is 5.69 Å². The van der Waals surface area contributed by atoms with E-state index in [-0.39, 0.29) is 5.91 Å². The van der Waals surface area contributed by atoms with E-state index >= 15 is 0 Å². The number of carbonyl (C=O) groups is 1. The third kappa shape index (κ3) is 2.77. The van der Waals surface area contributed by atoms with Gasteiger partial charge >= 0.3 is 0 Å². The summed E-state index contributed by atoms with van der Waals surface area (Å²) in [6.07, 6.45) is 3.56. The van der Waals surface area contributed by atoms with E-state index < -0.39 is 6.04 Å². The predicted octanol–water partition coefficient (Wildman–Crippen LogP) is 3.10. The van der Waals surface area contributed by atoms with Crippen LogP contribution in [0, 0.1) is 11.3 Å². The number of imidazole rings is 1. The summed E-state index contributed by atoms with van der Waals surface area (Å²) < 4.78 is 3.79. The first-order valence-corrected chi connectivity index (χ1v) is 7.58. The fourth-order valence-corrected chi connectivity index (χ4v) is 2.65. The molecule has 0 aliphatic rings. The van der Waals surface area contributed by atoms with Crippen LogP contribution in [0.3, 0.4) is 0 Å². The number of benzene rings is 2. The first kappa shape index (κ1) is 15.5. The summed E-state index contributed by atoms with van der Waals surface area (Å²) in [6, 6.07) is 16.4. The zero-order chi connectivity index (χ0) is 17.1. The largest absolute Gasteiger partial charge is 0.322 e. The van der Waals surface area contributed by atoms with Gasteiger partial charge in [0.1, 0.15) is 0 Å². The van der Waals surface area contributed by atoms with E-state index in [4.69, 9.17) is 5.26 Å². The van der Waals surface area contributed by atoms with Gasteiger partial charge in [0.2, 0.25) is 6.33 Å². The number of nitrogens with one attached hydrogen (secondary N) is 1. The van der Waals surface area contributed by atoms with Crippen LogP contribution in [0.5, 0.6) is 0 Å². The second-order valence-corrected chi connectivity index (χ2v) is 5.46. The molecule has 0 spiro atoms. The Kier molecular flexibility index (Phi) is 4.13. The third-order valence-electron chi connectivity index (χ3n) is 3.94. The summed E-state index contributed by atoms with van der Waals surface area (Å²) in [5, 5.41) is 11.8. The highest BCUT2D eigenvalue weighted by Crippen LogP contribution is 2.15. The van der Waals surface area contributed by atoms with Crippen molar-refractivity contribution in [2.24, 2.45) is 0 Å². The molecule has 5 nitrogen and oxygen atoms in total. The first-order valence-electron chi connectivity index (χ1n) is 7.58. The summed E-state index contributed by atoms with van der Waals surface area (Å²) in [5.41, 5.74) is 3.06. The van der Waals surface area contributed by atoms with E-state index in [0.29, 0.717) is 11.3 Å². The van der Waals surface area contributed by atoms with Crippen molar-refractivity contribution in [3.8, 4) is 6.07 Å². The number of rotatable bonds is 4. The van der Waals surface area contributed by atoms with E-state index in [1.807, 2.05) is 46.7 Å². The molecule has 0 radical (unpaired) electrons. The lowest BCUT2D eigenvalue weighted by Gasteiger charge is -2.10. The molecule has 0 aliphatic heterocycles. The number of para-hydroxylation sites is 2. The number of amides is 1. The number of nitrogens with zero attached hydrogens (tertiary/aromatic N) is 3. The highest BCUT2D eigenvalue weighted by molar-refractivity contribution is 5.92. The normalized spacial score (nSPS) is 11.7. The van der Waals surface area contributed by atoms with Crippen molar-refractivity contribution in [3.05, 3.63) is 67.0 Å². The molecule has 0 fully saturated rings. The first-order chi connectivity index (χ1) is 11.6. The maximum absolute atomic E-state index is 12.6. The van der Waals surface area contributed by atoms with Gasteiger partial charge in [-0.25, -0.2) is 9.13 Å². The number of carbonyl (C=O) groups excluding carboxylic acids is 1. The molecule has 0 unspecified atom stereocenters. The molecule has 1 amide bonds. The average Bonchev–Trinajstić information content (AvgIpc) is 3.00. The Morgan fingerprint density at radius 3 is 2.88 bits per heavy atom. The zero-order valence-corrected chi connectivity index (χ0v) is 13.3. The highest BCUT2D eigenvalue weighted by Gasteiger charge is 2.24. The van der Waals surface area contributed by atoms with Gasteiger partial charge in [0.15, 0.2) is 17.1 Å². The summed E-state index contributed by atoms with van der Waals surface area (Å²) in [6.45, 7) is 5.64. The van der Waals surface area contributed by atoms with E-state index in [0.717, 1.165) is 11.0 Å². The van der Waals surface area contributed by atoms with Crippen molar-refractivity contribution in [2.75, 3.05) is 5.32 Å². The van der Waals surface area contributed by atoms with Gasteiger partial charge in [-0.3, -0.25) is 4.79 Å². The minimum Gasteiger partial charge on any atom is -0.322 e.